The average Bonchev–Trinajstić information content (AvgIpc) is 2.77. The van der Waals surface area contributed by atoms with Crippen molar-refractivity contribution in [2.24, 2.45) is 28.6 Å². The van der Waals surface area contributed by atoms with Gasteiger partial charge in [0.15, 0.2) is 0 Å². The fourth-order valence-corrected chi connectivity index (χ4v) is 7.38. The normalized spacial score (nSPS) is 51.2. The monoisotopic (exact) mass is 386 g/mol. The lowest BCUT2D eigenvalue weighted by molar-refractivity contribution is -0.0810. The summed E-state index contributed by atoms with van der Waals surface area (Å²) < 4.78 is 35.9. The Hall–Kier alpha value is -0.470. The summed E-state index contributed by atoms with van der Waals surface area (Å²) in [4.78, 5) is 0. The number of aliphatic hydroxyl groups excluding tert-OH is 2. The summed E-state index contributed by atoms with van der Waals surface area (Å²) >= 11 is 0. The molecule has 7 heteroatoms. The molecule has 0 radical (unpaired) electrons. The third-order valence-electron chi connectivity index (χ3n) is 8.29. The van der Waals surface area contributed by atoms with E-state index < -0.39 is 28.7 Å². The maximum atomic E-state index is 11.1. The lowest BCUT2D eigenvalue weighted by atomic mass is 9.48. The minimum atomic E-state index is -4.42. The topological polar surface area (TPSA) is 104 Å². The maximum Gasteiger partial charge on any atom is 0.397 e. The molecule has 0 saturated heterocycles. The number of rotatable bonds is 2. The van der Waals surface area contributed by atoms with E-state index in [1.807, 2.05) is 0 Å². The van der Waals surface area contributed by atoms with Crippen molar-refractivity contribution in [3.8, 4) is 0 Å². The predicted octanol–water partition coefficient (Wildman–Crippen LogP) is 2.47. The van der Waals surface area contributed by atoms with Crippen molar-refractivity contribution in [1.29, 1.82) is 0 Å². The van der Waals surface area contributed by atoms with Gasteiger partial charge in [-0.1, -0.05) is 25.5 Å². The second-order valence-electron chi connectivity index (χ2n) is 9.44. The summed E-state index contributed by atoms with van der Waals surface area (Å²) in [5.74, 6) is 1.27. The standard InChI is InChI=1S/C19H30O6S/c1-18-7-5-12(25-26(22,23)24)9-11(18)3-4-13-14(18)6-8-19(2)15(13)10-16(20)17(19)21/h3,12-17,20-21H,4-10H2,1-2H3,(H,22,23,24)/t12-,13+,14-,15-,16+,17-,18-,19-/m0/s1. The zero-order valence-corrected chi connectivity index (χ0v) is 16.3. The molecule has 0 aromatic rings. The molecule has 3 saturated carbocycles. The fourth-order valence-electron chi connectivity index (χ4n) is 6.87. The van der Waals surface area contributed by atoms with Crippen LogP contribution in [0, 0.1) is 28.6 Å². The quantitative estimate of drug-likeness (QED) is 0.497. The molecule has 0 amide bonds. The van der Waals surface area contributed by atoms with Crippen LogP contribution in [0.2, 0.25) is 0 Å². The van der Waals surface area contributed by atoms with E-state index in [0.717, 1.165) is 25.7 Å². The number of fused-ring (bicyclic) bond motifs is 5. The van der Waals surface area contributed by atoms with Gasteiger partial charge in [-0.25, -0.2) is 4.18 Å². The van der Waals surface area contributed by atoms with Gasteiger partial charge in [0.2, 0.25) is 0 Å². The van der Waals surface area contributed by atoms with E-state index in [4.69, 9.17) is 8.74 Å². The number of allylic oxidation sites excluding steroid dienone is 1. The van der Waals surface area contributed by atoms with Gasteiger partial charge in [0, 0.05) is 0 Å². The lowest BCUT2D eigenvalue weighted by Gasteiger charge is -2.57. The van der Waals surface area contributed by atoms with E-state index in [1.54, 1.807) is 0 Å². The van der Waals surface area contributed by atoms with Crippen molar-refractivity contribution in [2.75, 3.05) is 0 Å². The molecule has 148 valence electrons. The van der Waals surface area contributed by atoms with Crippen LogP contribution in [0.15, 0.2) is 11.6 Å². The van der Waals surface area contributed by atoms with Crippen LogP contribution in [-0.4, -0.2) is 41.5 Å². The van der Waals surface area contributed by atoms with Crippen LogP contribution in [0.1, 0.15) is 58.8 Å². The van der Waals surface area contributed by atoms with Crippen molar-refractivity contribution >= 4 is 10.4 Å². The third kappa shape index (κ3) is 2.78. The summed E-state index contributed by atoms with van der Waals surface area (Å²) in [6, 6.07) is 0. The summed E-state index contributed by atoms with van der Waals surface area (Å²) in [6.07, 6.45) is 6.04. The van der Waals surface area contributed by atoms with Gasteiger partial charge in [-0.15, -0.1) is 0 Å². The van der Waals surface area contributed by atoms with Crippen molar-refractivity contribution in [2.45, 2.75) is 77.1 Å². The van der Waals surface area contributed by atoms with Gasteiger partial charge < -0.3 is 10.2 Å². The van der Waals surface area contributed by atoms with Gasteiger partial charge in [-0.05, 0) is 73.5 Å². The molecule has 6 nitrogen and oxygen atoms in total. The number of hydrogen-bond donors (Lipinski definition) is 3. The minimum absolute atomic E-state index is 0.0157. The van der Waals surface area contributed by atoms with Crippen molar-refractivity contribution < 1.29 is 27.4 Å². The first-order chi connectivity index (χ1) is 12.0. The molecule has 3 N–H and O–H groups in total. The smallest absolute Gasteiger partial charge is 0.390 e. The molecule has 4 aliphatic rings. The molecule has 0 heterocycles. The molecular formula is C19H30O6S. The van der Waals surface area contributed by atoms with E-state index in [9.17, 15) is 18.6 Å². The largest absolute Gasteiger partial charge is 0.397 e. The van der Waals surface area contributed by atoms with Crippen LogP contribution in [0.5, 0.6) is 0 Å². The Labute approximate surface area is 155 Å². The molecule has 0 unspecified atom stereocenters. The summed E-state index contributed by atoms with van der Waals surface area (Å²) in [5, 5.41) is 20.8. The van der Waals surface area contributed by atoms with Crippen molar-refractivity contribution in [1.82, 2.24) is 0 Å². The highest BCUT2D eigenvalue weighted by molar-refractivity contribution is 7.80. The van der Waals surface area contributed by atoms with Gasteiger partial charge >= 0.3 is 10.4 Å². The molecule has 8 atom stereocenters. The number of aliphatic hydroxyl groups is 2. The summed E-state index contributed by atoms with van der Waals surface area (Å²) in [6.45, 7) is 4.41. The molecule has 4 aliphatic carbocycles. The van der Waals surface area contributed by atoms with E-state index in [-0.39, 0.29) is 10.8 Å². The van der Waals surface area contributed by atoms with Gasteiger partial charge in [0.05, 0.1) is 18.3 Å². The van der Waals surface area contributed by atoms with Crippen molar-refractivity contribution in [3.63, 3.8) is 0 Å². The molecule has 4 rings (SSSR count). The van der Waals surface area contributed by atoms with Gasteiger partial charge in [-0.2, -0.15) is 8.42 Å². The predicted molar refractivity (Wildman–Crippen MR) is 95.5 cm³/mol. The second kappa shape index (κ2) is 6.01. The Balaban J connectivity index is 1.59. The average molecular weight is 387 g/mol. The Kier molecular flexibility index (Phi) is 4.36. The van der Waals surface area contributed by atoms with Crippen LogP contribution in [0.3, 0.4) is 0 Å². The van der Waals surface area contributed by atoms with Crippen LogP contribution in [0.25, 0.3) is 0 Å². The lowest BCUT2D eigenvalue weighted by Crippen LogP contribution is -2.51. The van der Waals surface area contributed by atoms with Crippen LogP contribution < -0.4 is 0 Å². The van der Waals surface area contributed by atoms with Crippen molar-refractivity contribution in [3.05, 3.63) is 11.6 Å². The molecule has 0 spiro atoms. The van der Waals surface area contributed by atoms with E-state index in [2.05, 4.69) is 19.9 Å². The van der Waals surface area contributed by atoms with Crippen LogP contribution >= 0.6 is 0 Å². The third-order valence-corrected chi connectivity index (χ3v) is 8.80. The Morgan fingerprint density at radius 3 is 2.58 bits per heavy atom. The van der Waals surface area contributed by atoms with Crippen LogP contribution in [0.4, 0.5) is 0 Å². The van der Waals surface area contributed by atoms with Gasteiger partial charge in [-0.3, -0.25) is 4.55 Å². The SMILES string of the molecule is C[C@]12CC[C@H]3[C@@H](CC=C4C[C@@H](OS(=O)(=O)O)CC[C@@]43C)[C@@H]1C[C@@H](O)[C@@H]2O. The first-order valence-corrected chi connectivity index (χ1v) is 11.1. The zero-order chi connectivity index (χ0) is 18.9. The van der Waals surface area contributed by atoms with Crippen LogP contribution in [-0.2, 0) is 14.6 Å². The van der Waals surface area contributed by atoms with Gasteiger partial charge in [0.1, 0.15) is 0 Å². The fraction of sp³-hybridized carbons (Fsp3) is 0.895. The summed E-state index contributed by atoms with van der Waals surface area (Å²) in [7, 11) is -4.42. The molecule has 0 bridgehead atoms. The van der Waals surface area contributed by atoms with E-state index >= 15 is 0 Å². The molecule has 0 aromatic heterocycles. The maximum absolute atomic E-state index is 11.1. The molecule has 3 fully saturated rings. The Morgan fingerprint density at radius 2 is 1.88 bits per heavy atom. The Morgan fingerprint density at radius 1 is 1.15 bits per heavy atom. The van der Waals surface area contributed by atoms with E-state index in [0.29, 0.717) is 37.0 Å². The summed E-state index contributed by atoms with van der Waals surface area (Å²) in [5.41, 5.74) is 1.07. The zero-order valence-electron chi connectivity index (χ0n) is 15.5. The first kappa shape index (κ1) is 18.9. The second-order valence-corrected chi connectivity index (χ2v) is 10.5. The highest BCUT2D eigenvalue weighted by Crippen LogP contribution is 2.64. The molecule has 0 aliphatic heterocycles. The molecule has 0 aromatic carbocycles. The highest BCUT2D eigenvalue weighted by Gasteiger charge is 2.60. The molecular weight excluding hydrogens is 356 g/mol. The van der Waals surface area contributed by atoms with Gasteiger partial charge in [0.25, 0.3) is 0 Å². The van der Waals surface area contributed by atoms with E-state index in [1.165, 1.54) is 5.57 Å². The number of hydrogen-bond acceptors (Lipinski definition) is 5. The highest BCUT2D eigenvalue weighted by atomic mass is 32.3. The molecule has 26 heavy (non-hydrogen) atoms. The minimum Gasteiger partial charge on any atom is -0.390 e. The Bertz CT molecular complexity index is 718. The first-order valence-electron chi connectivity index (χ1n) is 9.76.